The summed E-state index contributed by atoms with van der Waals surface area (Å²) in [6.07, 6.45) is 5.19. The topological polar surface area (TPSA) is 82.7 Å². The average molecular weight is 618 g/mol. The molecule has 2 aliphatic heterocycles. The van der Waals surface area contributed by atoms with Crippen molar-refractivity contribution in [3.05, 3.63) is 19.7 Å². The van der Waals surface area contributed by atoms with Crippen LogP contribution in [-0.2, 0) is 42.1 Å². The maximum atomic E-state index is 11.9. The largest absolute Gasteiger partial charge is 2.00 e. The van der Waals surface area contributed by atoms with E-state index >= 15 is 0 Å². The number of urea groups is 1. The number of rotatable bonds is 1. The first-order valence-electron chi connectivity index (χ1n) is 5.69. The van der Waals surface area contributed by atoms with E-state index in [1.165, 1.54) is 0 Å². The number of fused-ring (bicyclic) bond motifs is 3. The van der Waals surface area contributed by atoms with E-state index in [2.05, 4.69) is 16.6 Å². The van der Waals surface area contributed by atoms with Crippen LogP contribution in [0.2, 0.25) is 0 Å². The Kier molecular flexibility index (Phi) is 5.21. The molecule has 2 saturated heterocycles. The predicted octanol–water partition coefficient (Wildman–Crippen LogP) is 1.04. The molecule has 4 rings (SSSR count). The van der Waals surface area contributed by atoms with E-state index in [0.29, 0.717) is 12.4 Å². The third kappa shape index (κ3) is 2.28. The van der Waals surface area contributed by atoms with Gasteiger partial charge in [0.1, 0.15) is 0 Å². The van der Waals surface area contributed by atoms with Gasteiger partial charge < -0.3 is 16.7 Å². The van der Waals surface area contributed by atoms with Gasteiger partial charge in [-0.3, -0.25) is 5.21 Å². The number of aromatic nitrogens is 2. The van der Waals surface area contributed by atoms with Gasteiger partial charge in [-0.15, -0.1) is 0 Å². The molecule has 1 saturated carbocycles. The van der Waals surface area contributed by atoms with Crippen molar-refractivity contribution in [3.8, 4) is 0 Å². The number of carbonyl (C=O) groups is 1. The summed E-state index contributed by atoms with van der Waals surface area (Å²) in [6, 6.07) is -0.641. The number of hydrogen-bond acceptors (Lipinski definition) is 5. The SMILES string of the molecule is O=C1N(O)C2CN1C(c1nn[c-]o1)CC21CC1.[CH3-].[W+2].[W]. The molecule has 1 aromatic heterocycles. The fraction of sp³-hybridized carbons (Fsp3) is 0.636. The van der Waals surface area contributed by atoms with Gasteiger partial charge in [-0.25, -0.2) is 20.1 Å². The molecule has 1 aliphatic carbocycles. The summed E-state index contributed by atoms with van der Waals surface area (Å²) in [5.74, 6) is 0.415. The van der Waals surface area contributed by atoms with Crippen LogP contribution in [0.25, 0.3) is 0 Å². The molecule has 3 heterocycles. The third-order valence-corrected chi connectivity index (χ3v) is 4.31. The molecule has 3 fully saturated rings. The number of amides is 2. The second-order valence-electron chi connectivity index (χ2n) is 5.11. The molecule has 0 aromatic carbocycles. The zero-order chi connectivity index (χ0) is 11.6. The Bertz CT molecular complexity index is 480. The average Bonchev–Trinajstić information content (AvgIpc) is 2.81. The summed E-state index contributed by atoms with van der Waals surface area (Å²) in [5.41, 5.74) is 0.0521. The first-order chi connectivity index (χ1) is 8.21. The van der Waals surface area contributed by atoms with Gasteiger partial charge >= 0.3 is 27.1 Å². The minimum atomic E-state index is -0.359. The van der Waals surface area contributed by atoms with Crippen molar-refractivity contribution >= 4 is 6.03 Å². The number of nitrogens with zero attached hydrogens (tertiary/aromatic N) is 4. The second kappa shape index (κ2) is 5.86. The molecule has 2 atom stereocenters. The van der Waals surface area contributed by atoms with Crippen LogP contribution in [0.3, 0.4) is 0 Å². The van der Waals surface area contributed by atoms with Gasteiger partial charge in [0, 0.05) is 33.7 Å². The van der Waals surface area contributed by atoms with Crippen LogP contribution in [0.1, 0.15) is 31.2 Å². The van der Waals surface area contributed by atoms with E-state index in [4.69, 9.17) is 4.42 Å². The van der Waals surface area contributed by atoms with Crippen molar-refractivity contribution in [2.75, 3.05) is 6.54 Å². The van der Waals surface area contributed by atoms with Crippen molar-refractivity contribution < 1.29 is 56.5 Å². The van der Waals surface area contributed by atoms with Crippen LogP contribution in [0.4, 0.5) is 4.79 Å². The van der Waals surface area contributed by atoms with Gasteiger partial charge in [-0.1, -0.05) is 0 Å². The normalized spacial score (nSPS) is 28.6. The first kappa shape index (κ1) is 17.8. The maximum absolute atomic E-state index is 11.9. The van der Waals surface area contributed by atoms with Crippen LogP contribution in [-0.4, -0.2) is 44.0 Å². The molecule has 0 radical (unpaired) electrons. The van der Waals surface area contributed by atoms with Crippen LogP contribution in [0, 0.1) is 19.2 Å². The van der Waals surface area contributed by atoms with E-state index < -0.39 is 0 Å². The minimum Gasteiger partial charge on any atom is -0.611 e. The Morgan fingerprint density at radius 1 is 1.45 bits per heavy atom. The molecular formula is C11H14N4O3W2. The summed E-state index contributed by atoms with van der Waals surface area (Å²) in [4.78, 5) is 13.5. The maximum Gasteiger partial charge on any atom is 2.00 e. The Labute approximate surface area is 145 Å². The molecular weight excluding hydrogens is 604 g/mol. The quantitative estimate of drug-likeness (QED) is 0.376. The van der Waals surface area contributed by atoms with Crippen LogP contribution in [0.5, 0.6) is 0 Å². The molecule has 9 heteroatoms. The predicted molar refractivity (Wildman–Crippen MR) is 58.1 cm³/mol. The molecule has 1 spiro atoms. The monoisotopic (exact) mass is 618 g/mol. The van der Waals surface area contributed by atoms with E-state index in [0.717, 1.165) is 24.3 Å². The summed E-state index contributed by atoms with van der Waals surface area (Å²) < 4.78 is 5.09. The van der Waals surface area contributed by atoms with Crippen molar-refractivity contribution in [1.82, 2.24) is 20.2 Å². The molecule has 7 nitrogen and oxygen atoms in total. The molecule has 20 heavy (non-hydrogen) atoms. The van der Waals surface area contributed by atoms with Crippen LogP contribution in [0.15, 0.2) is 4.42 Å². The van der Waals surface area contributed by atoms with E-state index in [9.17, 15) is 10.0 Å². The van der Waals surface area contributed by atoms with Gasteiger partial charge in [0.15, 0.2) is 0 Å². The van der Waals surface area contributed by atoms with Gasteiger partial charge in [0.2, 0.25) is 0 Å². The first-order valence-corrected chi connectivity index (χ1v) is 5.69. The molecule has 1 aromatic rings. The number of piperidine rings is 1. The Morgan fingerprint density at radius 3 is 2.70 bits per heavy atom. The van der Waals surface area contributed by atoms with Gasteiger partial charge in [0.05, 0.1) is 18.3 Å². The van der Waals surface area contributed by atoms with Crippen molar-refractivity contribution in [3.63, 3.8) is 0 Å². The fourth-order valence-electron chi connectivity index (χ4n) is 3.16. The molecule has 3 aliphatic rings. The van der Waals surface area contributed by atoms with Crippen molar-refractivity contribution in [1.29, 1.82) is 0 Å². The van der Waals surface area contributed by atoms with E-state index in [1.54, 1.807) is 4.90 Å². The molecule has 2 amide bonds. The third-order valence-electron chi connectivity index (χ3n) is 4.31. The van der Waals surface area contributed by atoms with Crippen molar-refractivity contribution in [2.24, 2.45) is 5.41 Å². The summed E-state index contributed by atoms with van der Waals surface area (Å²) in [6.45, 7) is 0.544. The molecule has 2 bridgehead atoms. The smallest absolute Gasteiger partial charge is 0.611 e. The van der Waals surface area contributed by atoms with E-state index in [-0.39, 0.29) is 73.1 Å². The van der Waals surface area contributed by atoms with Gasteiger partial charge in [-0.05, 0) is 24.7 Å². The summed E-state index contributed by atoms with van der Waals surface area (Å²) in [7, 11) is 0. The fourth-order valence-corrected chi connectivity index (χ4v) is 3.16. The Morgan fingerprint density at radius 2 is 2.15 bits per heavy atom. The van der Waals surface area contributed by atoms with Gasteiger partial charge in [0.25, 0.3) is 0 Å². The summed E-state index contributed by atoms with van der Waals surface area (Å²) in [5, 5.41) is 18.1. The zero-order valence-corrected chi connectivity index (χ0v) is 16.7. The minimum absolute atomic E-state index is 0. The number of carbonyl (C=O) groups excluding carboxylic acids is 1. The van der Waals surface area contributed by atoms with Crippen LogP contribution >= 0.6 is 0 Å². The molecule has 2 unspecified atom stereocenters. The molecule has 1 N–H and O–H groups in total. The Hall–Kier alpha value is -0.253. The van der Waals surface area contributed by atoms with E-state index in [1.807, 2.05) is 0 Å². The summed E-state index contributed by atoms with van der Waals surface area (Å²) >= 11 is 0. The van der Waals surface area contributed by atoms with Gasteiger partial charge in [-0.2, -0.15) is 0 Å². The molecule has 108 valence electrons. The number of hydrogen-bond donors (Lipinski definition) is 1. The Balaban J connectivity index is 0.000000667. The number of hydroxylamine groups is 2. The van der Waals surface area contributed by atoms with Crippen molar-refractivity contribution in [2.45, 2.75) is 31.3 Å². The van der Waals surface area contributed by atoms with Crippen LogP contribution < -0.4 is 0 Å². The second-order valence-corrected chi connectivity index (χ2v) is 5.11. The standard InChI is InChI=1S/C10H11N4O3.CH3.2W/c15-9-13-4-7(14(9)16)10(1-2-10)3-6(13)8-12-11-5-17-8;;;/h6-7,16H,1-4H2;1H3;;/q2*-1;;+2. The zero-order valence-electron chi connectivity index (χ0n) is 10.9.